The van der Waals surface area contributed by atoms with E-state index in [0.29, 0.717) is 10.0 Å². The highest BCUT2D eigenvalue weighted by Crippen LogP contribution is 2.31. The van der Waals surface area contributed by atoms with Crippen molar-refractivity contribution in [1.29, 1.82) is 0 Å². The van der Waals surface area contributed by atoms with Crippen LogP contribution in [0, 0.1) is 0 Å². The Morgan fingerprint density at radius 2 is 1.00 bits per heavy atom. The molecular formula is C22H20Cl4N4. The molecule has 1 fully saturated rings. The van der Waals surface area contributed by atoms with E-state index in [-0.39, 0.29) is 24.8 Å². The van der Waals surface area contributed by atoms with Crippen molar-refractivity contribution >= 4 is 81.2 Å². The third-order valence-corrected chi connectivity index (χ3v) is 5.79. The second-order valence-corrected chi connectivity index (χ2v) is 7.83. The van der Waals surface area contributed by atoms with Crippen LogP contribution in [-0.2, 0) is 0 Å². The lowest BCUT2D eigenvalue weighted by atomic mass is 10.1. The van der Waals surface area contributed by atoms with Crippen LogP contribution in [0.3, 0.4) is 0 Å². The number of benzene rings is 2. The van der Waals surface area contributed by atoms with Crippen LogP contribution < -0.4 is 9.80 Å². The second-order valence-electron chi connectivity index (χ2n) is 6.96. The summed E-state index contributed by atoms with van der Waals surface area (Å²) in [7, 11) is 0. The molecule has 4 nitrogen and oxygen atoms in total. The molecule has 0 atom stereocenters. The van der Waals surface area contributed by atoms with Crippen LogP contribution in [0.5, 0.6) is 0 Å². The van der Waals surface area contributed by atoms with Gasteiger partial charge in [0.2, 0.25) is 0 Å². The highest BCUT2D eigenvalue weighted by Gasteiger charge is 2.20. The van der Waals surface area contributed by atoms with Crippen LogP contribution in [0.1, 0.15) is 0 Å². The summed E-state index contributed by atoms with van der Waals surface area (Å²) in [4.78, 5) is 13.8. The van der Waals surface area contributed by atoms with Crippen LogP contribution in [0.4, 0.5) is 11.4 Å². The van der Waals surface area contributed by atoms with Crippen LogP contribution in [0.25, 0.3) is 21.8 Å². The molecule has 0 radical (unpaired) electrons. The van der Waals surface area contributed by atoms with Crippen molar-refractivity contribution in [3.8, 4) is 0 Å². The Labute approximate surface area is 197 Å². The normalized spacial score (nSPS) is 13.8. The SMILES string of the molecule is Cl.Cl.Clc1ccc2c(N3CCN(c4ccnc5cc(Cl)ccc45)CC3)ccnc2c1. The first-order valence-corrected chi connectivity index (χ1v) is 10.0. The van der Waals surface area contributed by atoms with Crippen molar-refractivity contribution < 1.29 is 0 Å². The minimum absolute atomic E-state index is 0. The van der Waals surface area contributed by atoms with Crippen molar-refractivity contribution in [3.05, 3.63) is 71.0 Å². The first kappa shape index (κ1) is 22.7. The predicted octanol–water partition coefficient (Wildman–Crippen LogP) is 6.26. The molecule has 0 aliphatic carbocycles. The predicted molar refractivity (Wildman–Crippen MR) is 132 cm³/mol. The number of rotatable bonds is 2. The van der Waals surface area contributed by atoms with Gasteiger partial charge in [0.15, 0.2) is 0 Å². The molecular weight excluding hydrogens is 462 g/mol. The monoisotopic (exact) mass is 480 g/mol. The van der Waals surface area contributed by atoms with E-state index in [1.54, 1.807) is 0 Å². The number of halogens is 4. The molecule has 156 valence electrons. The zero-order valence-electron chi connectivity index (χ0n) is 16.0. The van der Waals surface area contributed by atoms with Crippen LogP contribution in [0.2, 0.25) is 10.0 Å². The smallest absolute Gasteiger partial charge is 0.0737 e. The molecule has 2 aromatic carbocycles. The standard InChI is InChI=1S/C22H18Cl2N4.2ClH/c23-15-1-3-17-19(13-15)25-7-5-21(17)27-9-11-28(12-10-27)22-6-8-26-20-14-16(24)2-4-18(20)22;;/h1-8,13-14H,9-12H2;2*1H. The summed E-state index contributed by atoms with van der Waals surface area (Å²) >= 11 is 12.3. The molecule has 0 saturated carbocycles. The Hall–Kier alpha value is -1.98. The van der Waals surface area contributed by atoms with Gasteiger partial charge in [-0.15, -0.1) is 24.8 Å². The number of aromatic nitrogens is 2. The van der Waals surface area contributed by atoms with E-state index in [9.17, 15) is 0 Å². The molecule has 0 unspecified atom stereocenters. The van der Waals surface area contributed by atoms with Crippen molar-refractivity contribution in [1.82, 2.24) is 9.97 Å². The van der Waals surface area contributed by atoms with Gasteiger partial charge in [0, 0.05) is 70.8 Å². The van der Waals surface area contributed by atoms with Gasteiger partial charge in [-0.1, -0.05) is 23.2 Å². The summed E-state index contributed by atoms with van der Waals surface area (Å²) in [6, 6.07) is 16.0. The maximum Gasteiger partial charge on any atom is 0.0737 e. The molecule has 3 heterocycles. The molecule has 1 saturated heterocycles. The summed E-state index contributed by atoms with van der Waals surface area (Å²) < 4.78 is 0. The topological polar surface area (TPSA) is 32.3 Å². The lowest BCUT2D eigenvalue weighted by molar-refractivity contribution is 0.656. The summed E-state index contributed by atoms with van der Waals surface area (Å²) in [6.45, 7) is 3.77. The van der Waals surface area contributed by atoms with E-state index in [1.807, 2.05) is 36.7 Å². The Balaban J connectivity index is 0.00000128. The minimum atomic E-state index is 0. The van der Waals surface area contributed by atoms with Crippen molar-refractivity contribution in [2.75, 3.05) is 36.0 Å². The summed E-state index contributed by atoms with van der Waals surface area (Å²) in [6.07, 6.45) is 3.72. The van der Waals surface area contributed by atoms with Gasteiger partial charge >= 0.3 is 0 Å². The Kier molecular flexibility index (Phi) is 7.14. The number of pyridine rings is 2. The molecule has 4 aromatic rings. The first-order chi connectivity index (χ1) is 13.7. The molecule has 5 rings (SSSR count). The third-order valence-electron chi connectivity index (χ3n) is 5.32. The maximum atomic E-state index is 6.13. The van der Waals surface area contributed by atoms with Crippen molar-refractivity contribution in [3.63, 3.8) is 0 Å². The van der Waals surface area contributed by atoms with E-state index in [0.717, 1.165) is 48.0 Å². The van der Waals surface area contributed by atoms with E-state index in [1.165, 1.54) is 11.4 Å². The number of hydrogen-bond donors (Lipinski definition) is 0. The minimum Gasteiger partial charge on any atom is -0.367 e. The third kappa shape index (κ3) is 4.23. The lowest BCUT2D eigenvalue weighted by Gasteiger charge is -2.38. The van der Waals surface area contributed by atoms with Gasteiger partial charge in [-0.3, -0.25) is 9.97 Å². The van der Waals surface area contributed by atoms with Gasteiger partial charge in [-0.05, 0) is 48.5 Å². The van der Waals surface area contributed by atoms with Crippen molar-refractivity contribution in [2.24, 2.45) is 0 Å². The van der Waals surface area contributed by atoms with Gasteiger partial charge in [-0.25, -0.2) is 0 Å². The molecule has 30 heavy (non-hydrogen) atoms. The largest absolute Gasteiger partial charge is 0.367 e. The molecule has 1 aliphatic heterocycles. The summed E-state index contributed by atoms with van der Waals surface area (Å²) in [5.74, 6) is 0. The van der Waals surface area contributed by atoms with Gasteiger partial charge < -0.3 is 9.80 Å². The zero-order chi connectivity index (χ0) is 19.1. The fourth-order valence-electron chi connectivity index (χ4n) is 3.95. The van der Waals surface area contributed by atoms with Gasteiger partial charge in [0.05, 0.1) is 11.0 Å². The Morgan fingerprint density at radius 3 is 1.40 bits per heavy atom. The molecule has 0 amide bonds. The van der Waals surface area contributed by atoms with Crippen LogP contribution in [-0.4, -0.2) is 36.1 Å². The van der Waals surface area contributed by atoms with Crippen LogP contribution >= 0.6 is 48.0 Å². The number of hydrogen-bond acceptors (Lipinski definition) is 4. The van der Waals surface area contributed by atoms with Crippen LogP contribution in [0.15, 0.2) is 60.9 Å². The quantitative estimate of drug-likeness (QED) is 0.338. The van der Waals surface area contributed by atoms with Gasteiger partial charge in [0.1, 0.15) is 0 Å². The Bertz CT molecular complexity index is 1080. The molecule has 0 spiro atoms. The highest BCUT2D eigenvalue weighted by molar-refractivity contribution is 6.31. The average molecular weight is 482 g/mol. The molecule has 0 N–H and O–H groups in total. The zero-order valence-corrected chi connectivity index (χ0v) is 19.1. The Morgan fingerprint density at radius 1 is 0.600 bits per heavy atom. The van der Waals surface area contributed by atoms with E-state index >= 15 is 0 Å². The first-order valence-electron chi connectivity index (χ1n) is 9.27. The number of piperazine rings is 1. The number of nitrogens with zero attached hydrogens (tertiary/aromatic N) is 4. The van der Waals surface area contributed by atoms with Gasteiger partial charge in [0.25, 0.3) is 0 Å². The maximum absolute atomic E-state index is 6.13. The number of anilines is 2. The van der Waals surface area contributed by atoms with E-state index < -0.39 is 0 Å². The van der Waals surface area contributed by atoms with Crippen molar-refractivity contribution in [2.45, 2.75) is 0 Å². The van der Waals surface area contributed by atoms with E-state index in [2.05, 4.69) is 44.0 Å². The fourth-order valence-corrected chi connectivity index (χ4v) is 4.28. The number of fused-ring (bicyclic) bond motifs is 2. The highest BCUT2D eigenvalue weighted by atomic mass is 35.5. The van der Waals surface area contributed by atoms with Gasteiger partial charge in [-0.2, -0.15) is 0 Å². The molecule has 8 heteroatoms. The molecule has 2 aromatic heterocycles. The summed E-state index contributed by atoms with van der Waals surface area (Å²) in [5.41, 5.74) is 4.30. The van der Waals surface area contributed by atoms with E-state index in [4.69, 9.17) is 23.2 Å². The molecule has 1 aliphatic rings. The second kappa shape index (κ2) is 9.44. The average Bonchev–Trinajstić information content (AvgIpc) is 2.72. The summed E-state index contributed by atoms with van der Waals surface area (Å²) in [5, 5.41) is 3.71. The molecule has 0 bridgehead atoms. The lowest BCUT2D eigenvalue weighted by Crippen LogP contribution is -2.46. The fraction of sp³-hybridized carbons (Fsp3) is 0.182.